The van der Waals surface area contributed by atoms with E-state index in [1.54, 1.807) is 0 Å². The number of ether oxygens (including phenoxy) is 2. The summed E-state index contributed by atoms with van der Waals surface area (Å²) in [6.07, 6.45) is 0. The van der Waals surface area contributed by atoms with Crippen LogP contribution in [-0.2, 0) is 14.3 Å². The first kappa shape index (κ1) is 14.4. The van der Waals surface area contributed by atoms with Crippen LogP contribution in [0.25, 0.3) is 0 Å². The molecule has 1 amide bonds. The minimum Gasteiger partial charge on any atom is -0.379 e. The van der Waals surface area contributed by atoms with Gasteiger partial charge in [-0.25, -0.2) is 0 Å². The smallest absolute Gasteiger partial charge is 0.230 e. The van der Waals surface area contributed by atoms with Crippen molar-refractivity contribution in [1.82, 2.24) is 5.32 Å². The van der Waals surface area contributed by atoms with Crippen LogP contribution in [0.1, 0.15) is 20.8 Å². The van der Waals surface area contributed by atoms with Crippen LogP contribution in [0, 0.1) is 11.3 Å². The van der Waals surface area contributed by atoms with Gasteiger partial charge in [0.25, 0.3) is 0 Å². The van der Waals surface area contributed by atoms with Gasteiger partial charge >= 0.3 is 0 Å². The first-order chi connectivity index (χ1) is 7.97. The Morgan fingerprint density at radius 3 is 2.88 bits per heavy atom. The molecule has 0 aromatic rings. The van der Waals surface area contributed by atoms with Crippen molar-refractivity contribution in [3.63, 3.8) is 0 Å². The van der Waals surface area contributed by atoms with Crippen LogP contribution in [0.3, 0.4) is 0 Å². The Hall–Kier alpha value is -0.650. The number of carbonyl (C=O) groups is 1. The highest BCUT2D eigenvalue weighted by Crippen LogP contribution is 2.26. The fourth-order valence-corrected chi connectivity index (χ4v) is 1.68. The summed E-state index contributed by atoms with van der Waals surface area (Å²) < 4.78 is 10.6. The summed E-state index contributed by atoms with van der Waals surface area (Å²) >= 11 is 0. The lowest BCUT2D eigenvalue weighted by molar-refractivity contribution is -0.130. The number of amides is 1. The molecule has 100 valence electrons. The lowest BCUT2D eigenvalue weighted by atomic mass is 9.85. The van der Waals surface area contributed by atoms with Crippen LogP contribution >= 0.6 is 0 Å². The molecule has 5 nitrogen and oxygen atoms in total. The van der Waals surface area contributed by atoms with Crippen LogP contribution in [0.2, 0.25) is 0 Å². The van der Waals surface area contributed by atoms with Gasteiger partial charge in [0, 0.05) is 19.2 Å². The molecule has 5 heteroatoms. The summed E-state index contributed by atoms with van der Waals surface area (Å²) in [7, 11) is 0. The van der Waals surface area contributed by atoms with Gasteiger partial charge in [-0.15, -0.1) is 0 Å². The minimum absolute atomic E-state index is 0.0457. The van der Waals surface area contributed by atoms with Crippen molar-refractivity contribution in [2.75, 3.05) is 33.0 Å². The summed E-state index contributed by atoms with van der Waals surface area (Å²) in [4.78, 5) is 11.9. The van der Waals surface area contributed by atoms with Crippen molar-refractivity contribution >= 4 is 5.91 Å². The van der Waals surface area contributed by atoms with E-state index >= 15 is 0 Å². The summed E-state index contributed by atoms with van der Waals surface area (Å²) in [5.41, 5.74) is 5.27. The summed E-state index contributed by atoms with van der Waals surface area (Å²) in [5, 5.41) is 2.85. The van der Waals surface area contributed by atoms with E-state index in [0.717, 1.165) is 6.61 Å². The Morgan fingerprint density at radius 2 is 2.35 bits per heavy atom. The molecule has 0 aliphatic carbocycles. The van der Waals surface area contributed by atoms with Gasteiger partial charge in [-0.05, 0) is 12.8 Å². The molecular weight excluding hydrogens is 220 g/mol. The number of nitrogens with two attached hydrogens (primary N) is 1. The second kappa shape index (κ2) is 6.33. The van der Waals surface area contributed by atoms with Gasteiger partial charge in [0.15, 0.2) is 0 Å². The summed E-state index contributed by atoms with van der Waals surface area (Å²) in [5.74, 6) is 0.468. The molecule has 1 saturated heterocycles. The van der Waals surface area contributed by atoms with Crippen molar-refractivity contribution in [2.24, 2.45) is 17.1 Å². The maximum Gasteiger partial charge on any atom is 0.230 e. The Bertz CT molecular complexity index is 258. The van der Waals surface area contributed by atoms with Gasteiger partial charge < -0.3 is 20.5 Å². The topological polar surface area (TPSA) is 73.6 Å². The molecule has 0 radical (unpaired) electrons. The number of hydrogen-bond donors (Lipinski definition) is 2. The third kappa shape index (κ3) is 3.94. The quantitative estimate of drug-likeness (QED) is 0.652. The predicted molar refractivity (Wildman–Crippen MR) is 65.6 cm³/mol. The van der Waals surface area contributed by atoms with Gasteiger partial charge in [-0.2, -0.15) is 0 Å². The van der Waals surface area contributed by atoms with E-state index in [-0.39, 0.29) is 11.9 Å². The largest absolute Gasteiger partial charge is 0.379 e. The average Bonchev–Trinajstić information content (AvgIpc) is 2.59. The molecule has 1 heterocycles. The van der Waals surface area contributed by atoms with Gasteiger partial charge in [0.05, 0.1) is 25.2 Å². The van der Waals surface area contributed by atoms with Crippen molar-refractivity contribution < 1.29 is 14.3 Å². The summed E-state index contributed by atoms with van der Waals surface area (Å²) in [6, 6.07) is -0.223. The number of rotatable bonds is 6. The lowest BCUT2D eigenvalue weighted by Crippen LogP contribution is -2.50. The maximum atomic E-state index is 11.9. The zero-order chi connectivity index (χ0) is 12.9. The molecule has 0 saturated carbocycles. The molecule has 17 heavy (non-hydrogen) atoms. The first-order valence-electron chi connectivity index (χ1n) is 6.16. The van der Waals surface area contributed by atoms with Crippen LogP contribution in [0.5, 0.6) is 0 Å². The molecule has 0 aromatic carbocycles. The molecule has 2 atom stereocenters. The van der Waals surface area contributed by atoms with E-state index in [2.05, 4.69) is 19.2 Å². The molecule has 0 spiro atoms. The molecular formula is C12H24N2O3. The van der Waals surface area contributed by atoms with Crippen molar-refractivity contribution in [3.05, 3.63) is 0 Å². The molecule has 2 unspecified atom stereocenters. The van der Waals surface area contributed by atoms with Crippen LogP contribution in [-0.4, -0.2) is 44.9 Å². The maximum absolute atomic E-state index is 11.9. The number of hydrogen-bond acceptors (Lipinski definition) is 4. The lowest BCUT2D eigenvalue weighted by Gasteiger charge is -2.25. The van der Waals surface area contributed by atoms with Gasteiger partial charge in [-0.1, -0.05) is 13.8 Å². The number of nitrogens with one attached hydrogen (secondary N) is 1. The highest BCUT2D eigenvalue weighted by atomic mass is 16.5. The van der Waals surface area contributed by atoms with E-state index in [1.807, 2.05) is 6.92 Å². The second-order valence-corrected chi connectivity index (χ2v) is 5.26. The Labute approximate surface area is 103 Å². The molecule has 1 aliphatic rings. The molecule has 1 rings (SSSR count). The van der Waals surface area contributed by atoms with E-state index in [4.69, 9.17) is 15.2 Å². The summed E-state index contributed by atoms with van der Waals surface area (Å²) in [6.45, 7) is 8.65. The fourth-order valence-electron chi connectivity index (χ4n) is 1.68. The number of carbonyl (C=O) groups excluding carboxylic acids is 1. The molecule has 1 aliphatic heterocycles. The van der Waals surface area contributed by atoms with E-state index in [0.29, 0.717) is 32.3 Å². The molecule has 0 bridgehead atoms. The van der Waals surface area contributed by atoms with E-state index in [1.165, 1.54) is 0 Å². The second-order valence-electron chi connectivity index (χ2n) is 5.26. The van der Waals surface area contributed by atoms with Crippen LogP contribution in [0.15, 0.2) is 0 Å². The average molecular weight is 244 g/mol. The van der Waals surface area contributed by atoms with Crippen LogP contribution < -0.4 is 11.1 Å². The fraction of sp³-hybridized carbons (Fsp3) is 0.917. The van der Waals surface area contributed by atoms with Gasteiger partial charge in [-0.3, -0.25) is 4.79 Å². The van der Waals surface area contributed by atoms with Crippen molar-refractivity contribution in [2.45, 2.75) is 26.8 Å². The zero-order valence-corrected chi connectivity index (χ0v) is 11.0. The standard InChI is InChI=1S/C12H24N2O3/c1-9(2)6-16-5-4-14-11(15)12(3)8-17-7-10(12)13/h9-10H,4-8,13H2,1-3H3,(H,14,15). The van der Waals surface area contributed by atoms with E-state index < -0.39 is 5.41 Å². The van der Waals surface area contributed by atoms with Crippen LogP contribution in [0.4, 0.5) is 0 Å². The van der Waals surface area contributed by atoms with Gasteiger partial charge in [0.2, 0.25) is 5.91 Å². The SMILES string of the molecule is CC(C)COCCNC(=O)C1(C)COCC1N. The normalized spacial score (nSPS) is 28.6. The molecule has 1 fully saturated rings. The molecule has 0 aromatic heterocycles. The highest BCUT2D eigenvalue weighted by Gasteiger charge is 2.44. The molecule has 3 N–H and O–H groups in total. The zero-order valence-electron chi connectivity index (χ0n) is 11.0. The van der Waals surface area contributed by atoms with Crippen molar-refractivity contribution in [3.8, 4) is 0 Å². The predicted octanol–water partition coefficient (Wildman–Crippen LogP) is 0.139. The first-order valence-corrected chi connectivity index (χ1v) is 6.16. The Balaban J connectivity index is 2.21. The van der Waals surface area contributed by atoms with Gasteiger partial charge in [0.1, 0.15) is 0 Å². The Kier molecular flexibility index (Phi) is 5.36. The Morgan fingerprint density at radius 1 is 1.65 bits per heavy atom. The highest BCUT2D eigenvalue weighted by molar-refractivity contribution is 5.83. The minimum atomic E-state index is -0.599. The van der Waals surface area contributed by atoms with Crippen molar-refractivity contribution in [1.29, 1.82) is 0 Å². The third-order valence-corrected chi connectivity index (χ3v) is 3.02. The third-order valence-electron chi connectivity index (χ3n) is 3.02. The van der Waals surface area contributed by atoms with E-state index in [9.17, 15) is 4.79 Å². The monoisotopic (exact) mass is 244 g/mol.